The molecule has 0 aliphatic carbocycles. The van der Waals surface area contributed by atoms with Crippen LogP contribution in [-0.4, -0.2) is 12.7 Å². The number of benzene rings is 2. The maximum atomic E-state index is 11.8. The zero-order chi connectivity index (χ0) is 16.9. The second kappa shape index (κ2) is 7.25. The summed E-state index contributed by atoms with van der Waals surface area (Å²) in [5, 5.41) is 6.26. The fraction of sp³-hybridized carbons (Fsp3) is 0.316. The van der Waals surface area contributed by atoms with Crippen molar-refractivity contribution >= 4 is 17.3 Å². The van der Waals surface area contributed by atoms with E-state index in [1.165, 1.54) is 0 Å². The van der Waals surface area contributed by atoms with E-state index in [0.717, 1.165) is 28.4 Å². The number of carbonyl (C=O) groups is 1. The third-order valence-corrected chi connectivity index (χ3v) is 3.70. The molecule has 24 heavy (non-hydrogen) atoms. The monoisotopic (exact) mass is 326 g/mol. The summed E-state index contributed by atoms with van der Waals surface area (Å²) in [6.07, 6.45) is 0.532. The lowest BCUT2D eigenvalue weighted by molar-refractivity contribution is -0.116. The SMILES string of the molecule is CC(C)CC(=O)Nc1ccc(NCc2ccc3c(c2)OCO3)cc1. The molecule has 0 aromatic heterocycles. The number of hydrogen-bond donors (Lipinski definition) is 2. The quantitative estimate of drug-likeness (QED) is 0.842. The van der Waals surface area contributed by atoms with E-state index in [9.17, 15) is 4.79 Å². The summed E-state index contributed by atoms with van der Waals surface area (Å²) >= 11 is 0. The molecule has 0 radical (unpaired) electrons. The van der Waals surface area contributed by atoms with Gasteiger partial charge < -0.3 is 20.1 Å². The van der Waals surface area contributed by atoms with Crippen molar-refractivity contribution in [3.05, 3.63) is 48.0 Å². The highest BCUT2D eigenvalue weighted by Crippen LogP contribution is 2.32. The summed E-state index contributed by atoms with van der Waals surface area (Å²) in [6.45, 7) is 5.04. The third kappa shape index (κ3) is 4.19. The first-order valence-electron chi connectivity index (χ1n) is 8.12. The van der Waals surface area contributed by atoms with Gasteiger partial charge in [-0.15, -0.1) is 0 Å². The molecule has 0 unspecified atom stereocenters. The van der Waals surface area contributed by atoms with Gasteiger partial charge >= 0.3 is 0 Å². The first kappa shape index (κ1) is 16.2. The average molecular weight is 326 g/mol. The van der Waals surface area contributed by atoms with Gasteiger partial charge in [0.05, 0.1) is 0 Å². The van der Waals surface area contributed by atoms with Crippen LogP contribution in [0.2, 0.25) is 0 Å². The minimum Gasteiger partial charge on any atom is -0.454 e. The Morgan fingerprint density at radius 1 is 1.04 bits per heavy atom. The van der Waals surface area contributed by atoms with Gasteiger partial charge in [0, 0.05) is 24.3 Å². The summed E-state index contributed by atoms with van der Waals surface area (Å²) < 4.78 is 10.7. The second-order valence-corrected chi connectivity index (χ2v) is 6.26. The summed E-state index contributed by atoms with van der Waals surface area (Å²) in [7, 11) is 0. The predicted octanol–water partition coefficient (Wildman–Crippen LogP) is 4.01. The number of carbonyl (C=O) groups excluding carboxylic acids is 1. The van der Waals surface area contributed by atoms with Crippen LogP contribution in [0, 0.1) is 5.92 Å². The van der Waals surface area contributed by atoms with Crippen LogP contribution in [0.5, 0.6) is 11.5 Å². The number of nitrogens with one attached hydrogen (secondary N) is 2. The third-order valence-electron chi connectivity index (χ3n) is 3.70. The predicted molar refractivity (Wildman–Crippen MR) is 94.4 cm³/mol. The normalized spacial score (nSPS) is 12.3. The fourth-order valence-corrected chi connectivity index (χ4v) is 2.51. The van der Waals surface area contributed by atoms with Crippen LogP contribution in [-0.2, 0) is 11.3 Å². The number of amides is 1. The van der Waals surface area contributed by atoms with Crippen molar-refractivity contribution in [3.8, 4) is 11.5 Å². The number of ether oxygens (including phenoxy) is 2. The number of fused-ring (bicyclic) bond motifs is 1. The summed E-state index contributed by atoms with van der Waals surface area (Å²) in [6, 6.07) is 13.6. The highest BCUT2D eigenvalue weighted by atomic mass is 16.7. The summed E-state index contributed by atoms with van der Waals surface area (Å²) in [5.74, 6) is 1.98. The topological polar surface area (TPSA) is 59.6 Å². The minimum atomic E-state index is 0.0473. The first-order valence-corrected chi connectivity index (χ1v) is 8.12. The molecule has 0 bridgehead atoms. The first-order chi connectivity index (χ1) is 11.6. The van der Waals surface area contributed by atoms with Gasteiger partial charge in [-0.2, -0.15) is 0 Å². The molecule has 3 rings (SSSR count). The maximum absolute atomic E-state index is 11.8. The Bertz CT molecular complexity index is 711. The van der Waals surface area contributed by atoms with Gasteiger partial charge in [-0.3, -0.25) is 4.79 Å². The molecule has 1 amide bonds. The zero-order valence-corrected chi connectivity index (χ0v) is 14.0. The van der Waals surface area contributed by atoms with Gasteiger partial charge in [0.15, 0.2) is 11.5 Å². The molecule has 5 heteroatoms. The molecule has 5 nitrogen and oxygen atoms in total. The Kier molecular flexibility index (Phi) is 4.89. The van der Waals surface area contributed by atoms with Gasteiger partial charge in [-0.1, -0.05) is 19.9 Å². The van der Waals surface area contributed by atoms with Crippen LogP contribution in [0.1, 0.15) is 25.8 Å². The molecule has 126 valence electrons. The lowest BCUT2D eigenvalue weighted by Gasteiger charge is -2.10. The van der Waals surface area contributed by atoms with Crippen molar-refractivity contribution in [2.24, 2.45) is 5.92 Å². The average Bonchev–Trinajstić information content (AvgIpc) is 3.01. The summed E-state index contributed by atoms with van der Waals surface area (Å²) in [4.78, 5) is 11.8. The van der Waals surface area contributed by atoms with E-state index in [1.807, 2.05) is 56.3 Å². The van der Waals surface area contributed by atoms with Crippen molar-refractivity contribution in [2.45, 2.75) is 26.8 Å². The van der Waals surface area contributed by atoms with Gasteiger partial charge in [0.2, 0.25) is 12.7 Å². The molecule has 0 spiro atoms. The van der Waals surface area contributed by atoms with E-state index < -0.39 is 0 Å². The molecule has 1 aliphatic rings. The molecule has 1 heterocycles. The molecule has 2 aromatic rings. The van der Waals surface area contributed by atoms with E-state index in [-0.39, 0.29) is 12.7 Å². The molecular weight excluding hydrogens is 304 g/mol. The smallest absolute Gasteiger partial charge is 0.231 e. The fourth-order valence-electron chi connectivity index (χ4n) is 2.51. The Morgan fingerprint density at radius 3 is 2.50 bits per heavy atom. The van der Waals surface area contributed by atoms with Crippen LogP contribution in [0.25, 0.3) is 0 Å². The lowest BCUT2D eigenvalue weighted by atomic mass is 10.1. The molecular formula is C19H22N2O3. The highest BCUT2D eigenvalue weighted by Gasteiger charge is 2.12. The standard InChI is InChI=1S/C19H22N2O3/c1-13(2)9-19(22)21-16-6-4-15(5-7-16)20-11-14-3-8-17-18(10-14)24-12-23-17/h3-8,10,13,20H,9,11-12H2,1-2H3,(H,21,22). The van der Waals surface area contributed by atoms with Crippen LogP contribution in [0.4, 0.5) is 11.4 Å². The molecule has 0 saturated heterocycles. The van der Waals surface area contributed by atoms with Crippen LogP contribution in [0.3, 0.4) is 0 Å². The molecule has 2 aromatic carbocycles. The Hall–Kier alpha value is -2.69. The van der Waals surface area contributed by atoms with E-state index >= 15 is 0 Å². The van der Waals surface area contributed by atoms with Crippen molar-refractivity contribution in [3.63, 3.8) is 0 Å². The van der Waals surface area contributed by atoms with Crippen LogP contribution in [0.15, 0.2) is 42.5 Å². The van der Waals surface area contributed by atoms with E-state index in [1.54, 1.807) is 0 Å². The number of anilines is 2. The highest BCUT2D eigenvalue weighted by molar-refractivity contribution is 5.90. The van der Waals surface area contributed by atoms with E-state index in [2.05, 4.69) is 10.6 Å². The molecule has 1 aliphatic heterocycles. The number of hydrogen-bond acceptors (Lipinski definition) is 4. The van der Waals surface area contributed by atoms with Crippen molar-refractivity contribution in [1.29, 1.82) is 0 Å². The Labute approximate surface area is 142 Å². The molecule has 0 atom stereocenters. The minimum absolute atomic E-state index is 0.0473. The second-order valence-electron chi connectivity index (χ2n) is 6.26. The lowest BCUT2D eigenvalue weighted by Crippen LogP contribution is -2.13. The summed E-state index contributed by atoms with van der Waals surface area (Å²) in [5.41, 5.74) is 2.93. The van der Waals surface area contributed by atoms with Crippen LogP contribution >= 0.6 is 0 Å². The molecule has 0 saturated carbocycles. The van der Waals surface area contributed by atoms with Crippen molar-refractivity contribution in [2.75, 3.05) is 17.4 Å². The Morgan fingerprint density at radius 2 is 1.75 bits per heavy atom. The molecule has 0 fully saturated rings. The van der Waals surface area contributed by atoms with Gasteiger partial charge in [-0.25, -0.2) is 0 Å². The van der Waals surface area contributed by atoms with Gasteiger partial charge in [-0.05, 0) is 47.9 Å². The largest absolute Gasteiger partial charge is 0.454 e. The van der Waals surface area contributed by atoms with Crippen molar-refractivity contribution < 1.29 is 14.3 Å². The van der Waals surface area contributed by atoms with Crippen LogP contribution < -0.4 is 20.1 Å². The van der Waals surface area contributed by atoms with E-state index in [4.69, 9.17) is 9.47 Å². The van der Waals surface area contributed by atoms with Gasteiger partial charge in [0.1, 0.15) is 0 Å². The Balaban J connectivity index is 1.53. The molecule has 2 N–H and O–H groups in total. The van der Waals surface area contributed by atoms with Gasteiger partial charge in [0.25, 0.3) is 0 Å². The number of rotatable bonds is 6. The van der Waals surface area contributed by atoms with E-state index in [0.29, 0.717) is 18.9 Å². The van der Waals surface area contributed by atoms with Crippen molar-refractivity contribution in [1.82, 2.24) is 0 Å². The maximum Gasteiger partial charge on any atom is 0.231 e. The zero-order valence-electron chi connectivity index (χ0n) is 14.0.